The largest absolute Gasteiger partial charge is 0.492 e. The van der Waals surface area contributed by atoms with Crippen LogP contribution in [-0.2, 0) is 6.54 Å². The van der Waals surface area contributed by atoms with Crippen molar-refractivity contribution < 1.29 is 13.9 Å². The van der Waals surface area contributed by atoms with E-state index in [4.69, 9.17) is 9.15 Å². The summed E-state index contributed by atoms with van der Waals surface area (Å²) in [6.45, 7) is 3.04. The average molecular weight is 351 g/mol. The summed E-state index contributed by atoms with van der Waals surface area (Å²) in [5.74, 6) is 1.91. The van der Waals surface area contributed by atoms with Gasteiger partial charge in [0.25, 0.3) is 0 Å². The molecule has 2 N–H and O–H groups in total. The fourth-order valence-corrected chi connectivity index (χ4v) is 2.31. The number of amides is 2. The number of hydrogen-bond donors (Lipinski definition) is 2. The minimum absolute atomic E-state index is 0.220. The highest BCUT2D eigenvalue weighted by molar-refractivity contribution is 5.73. The number of aryl methyl sites for hydroxylation is 1. The van der Waals surface area contributed by atoms with Crippen LogP contribution in [0.15, 0.2) is 65.2 Å². The highest BCUT2D eigenvalue weighted by Gasteiger charge is 2.07. The first-order valence-corrected chi connectivity index (χ1v) is 8.42. The summed E-state index contributed by atoms with van der Waals surface area (Å²) in [4.78, 5) is 16.0. The van der Waals surface area contributed by atoms with Crippen LogP contribution in [0.4, 0.5) is 4.79 Å². The molecular formula is C20H21N3O3. The van der Waals surface area contributed by atoms with E-state index < -0.39 is 0 Å². The minimum atomic E-state index is -0.294. The summed E-state index contributed by atoms with van der Waals surface area (Å²) in [5.41, 5.74) is 2.13. The molecule has 1 aromatic heterocycles. The number of rotatable bonds is 7. The van der Waals surface area contributed by atoms with Gasteiger partial charge in [-0.1, -0.05) is 48.0 Å². The zero-order valence-corrected chi connectivity index (χ0v) is 14.6. The molecule has 0 unspecified atom stereocenters. The number of nitrogens with zero attached hydrogens (tertiary/aromatic N) is 1. The van der Waals surface area contributed by atoms with Crippen LogP contribution in [0.3, 0.4) is 0 Å². The van der Waals surface area contributed by atoms with E-state index in [9.17, 15) is 4.79 Å². The molecule has 0 bridgehead atoms. The number of carbonyl (C=O) groups is 1. The molecule has 0 aliphatic rings. The number of urea groups is 1. The van der Waals surface area contributed by atoms with Gasteiger partial charge < -0.3 is 19.8 Å². The number of aromatic nitrogens is 1. The molecule has 6 heteroatoms. The summed E-state index contributed by atoms with van der Waals surface area (Å²) >= 11 is 0. The van der Waals surface area contributed by atoms with E-state index in [1.165, 1.54) is 5.56 Å². The number of nitrogens with one attached hydrogen (secondary N) is 2. The molecule has 2 amide bonds. The average Bonchev–Trinajstić information content (AvgIpc) is 3.15. The molecule has 0 saturated carbocycles. The standard InChI is InChI=1S/C20H21N3O3/c1-15-7-9-17(10-8-15)25-12-11-21-20(24)23-14-19-22-13-18(26-19)16-5-3-2-4-6-16/h2-10,13H,11-12,14H2,1H3,(H2,21,23,24). The molecular weight excluding hydrogens is 330 g/mol. The highest BCUT2D eigenvalue weighted by Crippen LogP contribution is 2.19. The predicted octanol–water partition coefficient (Wildman–Crippen LogP) is 3.53. The molecule has 0 saturated heterocycles. The number of hydrogen-bond acceptors (Lipinski definition) is 4. The lowest BCUT2D eigenvalue weighted by Crippen LogP contribution is -2.37. The number of benzene rings is 2. The summed E-state index contributed by atoms with van der Waals surface area (Å²) in [6.07, 6.45) is 1.65. The van der Waals surface area contributed by atoms with Gasteiger partial charge in [-0.3, -0.25) is 0 Å². The van der Waals surface area contributed by atoms with E-state index in [1.807, 2.05) is 61.5 Å². The molecule has 0 spiro atoms. The Morgan fingerprint density at radius 3 is 2.62 bits per heavy atom. The number of carbonyl (C=O) groups excluding carboxylic acids is 1. The van der Waals surface area contributed by atoms with Crippen LogP contribution in [0.2, 0.25) is 0 Å². The first kappa shape index (κ1) is 17.5. The van der Waals surface area contributed by atoms with Gasteiger partial charge in [-0.25, -0.2) is 9.78 Å². The van der Waals surface area contributed by atoms with Crippen LogP contribution >= 0.6 is 0 Å². The third-order valence-corrected chi connectivity index (χ3v) is 3.69. The molecule has 0 atom stereocenters. The zero-order valence-electron chi connectivity index (χ0n) is 14.6. The van der Waals surface area contributed by atoms with Crippen molar-refractivity contribution >= 4 is 6.03 Å². The molecule has 26 heavy (non-hydrogen) atoms. The van der Waals surface area contributed by atoms with E-state index >= 15 is 0 Å². The van der Waals surface area contributed by atoms with Crippen LogP contribution in [-0.4, -0.2) is 24.2 Å². The van der Waals surface area contributed by atoms with Crippen molar-refractivity contribution in [1.82, 2.24) is 15.6 Å². The van der Waals surface area contributed by atoms with Crippen molar-refractivity contribution in [3.05, 3.63) is 72.2 Å². The van der Waals surface area contributed by atoms with Gasteiger partial charge in [0.05, 0.1) is 19.3 Å². The molecule has 0 fully saturated rings. The Bertz CT molecular complexity index is 829. The Morgan fingerprint density at radius 1 is 1.08 bits per heavy atom. The van der Waals surface area contributed by atoms with Gasteiger partial charge in [0.2, 0.25) is 5.89 Å². The van der Waals surface area contributed by atoms with Crippen LogP contribution in [0.25, 0.3) is 11.3 Å². The molecule has 0 aliphatic carbocycles. The van der Waals surface area contributed by atoms with Gasteiger partial charge in [-0.2, -0.15) is 0 Å². The zero-order chi connectivity index (χ0) is 18.2. The van der Waals surface area contributed by atoms with E-state index in [1.54, 1.807) is 6.20 Å². The summed E-state index contributed by atoms with van der Waals surface area (Å²) in [5, 5.41) is 5.44. The fraction of sp³-hybridized carbons (Fsp3) is 0.200. The third-order valence-electron chi connectivity index (χ3n) is 3.69. The minimum Gasteiger partial charge on any atom is -0.492 e. The highest BCUT2D eigenvalue weighted by atomic mass is 16.5. The van der Waals surface area contributed by atoms with Gasteiger partial charge >= 0.3 is 6.03 Å². The lowest BCUT2D eigenvalue weighted by molar-refractivity contribution is 0.235. The Balaban J connectivity index is 1.36. The summed E-state index contributed by atoms with van der Waals surface area (Å²) in [6, 6.07) is 17.2. The molecule has 2 aromatic carbocycles. The van der Waals surface area contributed by atoms with Crippen molar-refractivity contribution in [3.63, 3.8) is 0 Å². The van der Waals surface area contributed by atoms with Crippen LogP contribution < -0.4 is 15.4 Å². The summed E-state index contributed by atoms with van der Waals surface area (Å²) in [7, 11) is 0. The fourth-order valence-electron chi connectivity index (χ4n) is 2.31. The molecule has 0 radical (unpaired) electrons. The molecule has 3 rings (SSSR count). The molecule has 6 nitrogen and oxygen atoms in total. The van der Waals surface area contributed by atoms with Gasteiger partial charge in [0.1, 0.15) is 12.4 Å². The van der Waals surface area contributed by atoms with E-state index in [0.717, 1.165) is 11.3 Å². The van der Waals surface area contributed by atoms with Gasteiger partial charge in [0.15, 0.2) is 5.76 Å². The van der Waals surface area contributed by atoms with Gasteiger partial charge in [-0.05, 0) is 19.1 Å². The second kappa shape index (κ2) is 8.71. The number of oxazole rings is 1. The smallest absolute Gasteiger partial charge is 0.315 e. The van der Waals surface area contributed by atoms with Gasteiger partial charge in [0, 0.05) is 5.56 Å². The third kappa shape index (κ3) is 5.11. The first-order valence-electron chi connectivity index (χ1n) is 8.42. The Kier molecular flexibility index (Phi) is 5.88. The van der Waals surface area contributed by atoms with Crippen molar-refractivity contribution in [1.29, 1.82) is 0 Å². The Labute approximate surface area is 152 Å². The lowest BCUT2D eigenvalue weighted by atomic mass is 10.2. The monoisotopic (exact) mass is 351 g/mol. The Morgan fingerprint density at radius 2 is 1.85 bits per heavy atom. The maximum atomic E-state index is 11.8. The predicted molar refractivity (Wildman–Crippen MR) is 98.9 cm³/mol. The lowest BCUT2D eigenvalue weighted by Gasteiger charge is -2.08. The topological polar surface area (TPSA) is 76.4 Å². The maximum Gasteiger partial charge on any atom is 0.315 e. The first-order chi connectivity index (χ1) is 12.7. The van der Waals surface area contributed by atoms with Crippen LogP contribution in [0.5, 0.6) is 5.75 Å². The normalized spacial score (nSPS) is 10.3. The van der Waals surface area contributed by atoms with Crippen LogP contribution in [0.1, 0.15) is 11.5 Å². The van der Waals surface area contributed by atoms with Crippen molar-refractivity contribution in [2.75, 3.05) is 13.2 Å². The van der Waals surface area contributed by atoms with E-state index in [2.05, 4.69) is 15.6 Å². The van der Waals surface area contributed by atoms with E-state index in [-0.39, 0.29) is 12.6 Å². The molecule has 134 valence electrons. The van der Waals surface area contributed by atoms with Gasteiger partial charge in [-0.15, -0.1) is 0 Å². The molecule has 1 heterocycles. The van der Waals surface area contributed by atoms with Crippen molar-refractivity contribution in [2.24, 2.45) is 0 Å². The van der Waals surface area contributed by atoms with Crippen molar-refractivity contribution in [2.45, 2.75) is 13.5 Å². The van der Waals surface area contributed by atoms with Crippen LogP contribution in [0, 0.1) is 6.92 Å². The second-order valence-electron chi connectivity index (χ2n) is 5.76. The Hall–Kier alpha value is -3.28. The maximum absolute atomic E-state index is 11.8. The molecule has 3 aromatic rings. The van der Waals surface area contributed by atoms with Crippen molar-refractivity contribution in [3.8, 4) is 17.1 Å². The second-order valence-corrected chi connectivity index (χ2v) is 5.76. The molecule has 0 aliphatic heterocycles. The number of ether oxygens (including phenoxy) is 1. The summed E-state index contributed by atoms with van der Waals surface area (Å²) < 4.78 is 11.2. The van der Waals surface area contributed by atoms with E-state index in [0.29, 0.717) is 24.8 Å². The quantitative estimate of drug-likeness (QED) is 0.639. The SMILES string of the molecule is Cc1ccc(OCCNC(=O)NCc2ncc(-c3ccccc3)o2)cc1.